The lowest BCUT2D eigenvalue weighted by Crippen LogP contribution is -2.41. The van der Waals surface area contributed by atoms with E-state index in [0.717, 1.165) is 29.1 Å². The molecule has 0 aromatic heterocycles. The number of methoxy groups -OCH3 is 4. The third-order valence-corrected chi connectivity index (χ3v) is 8.64. The Hall–Kier alpha value is -3.92. The summed E-state index contributed by atoms with van der Waals surface area (Å²) in [7, 11) is 1.52. The van der Waals surface area contributed by atoms with Gasteiger partial charge in [-0.1, -0.05) is 18.2 Å². The molecule has 10 heteroatoms. The van der Waals surface area contributed by atoms with E-state index in [1.807, 2.05) is 13.0 Å². The van der Waals surface area contributed by atoms with Crippen molar-refractivity contribution in [2.45, 2.75) is 37.1 Å². The van der Waals surface area contributed by atoms with Gasteiger partial charge in [-0.2, -0.15) is 0 Å². The summed E-state index contributed by atoms with van der Waals surface area (Å²) < 4.78 is 50.5. The van der Waals surface area contributed by atoms with Crippen molar-refractivity contribution in [3.8, 4) is 23.0 Å². The summed E-state index contributed by atoms with van der Waals surface area (Å²) in [6.07, 6.45) is 3.23. The first-order valence-electron chi connectivity index (χ1n) is 12.6. The molecule has 208 valence electrons. The van der Waals surface area contributed by atoms with Crippen LogP contribution in [0.15, 0.2) is 59.5 Å². The Morgan fingerprint density at radius 2 is 1.54 bits per heavy atom. The van der Waals surface area contributed by atoms with Crippen LogP contribution in [0.2, 0.25) is 0 Å². The van der Waals surface area contributed by atoms with Gasteiger partial charge >= 0.3 is 0 Å². The minimum Gasteiger partial charge on any atom is -0.497 e. The second-order valence-electron chi connectivity index (χ2n) is 9.24. The van der Waals surface area contributed by atoms with Crippen LogP contribution in [0.3, 0.4) is 0 Å². The topological polar surface area (TPSA) is 103 Å². The summed E-state index contributed by atoms with van der Waals surface area (Å²) in [6, 6.07) is 15.0. The molecule has 1 N–H and O–H groups in total. The summed E-state index contributed by atoms with van der Waals surface area (Å²) in [5.41, 5.74) is 3.77. The molecule has 0 fully saturated rings. The summed E-state index contributed by atoms with van der Waals surface area (Å²) in [5.74, 6) is 0.815. The average molecular weight is 555 g/mol. The Morgan fingerprint density at radius 1 is 0.846 bits per heavy atom. The molecule has 0 spiro atoms. The molecule has 9 nitrogen and oxygen atoms in total. The molecule has 3 aromatic rings. The highest BCUT2D eigenvalue weighted by atomic mass is 32.2. The number of hydrogen-bond donors (Lipinski definition) is 1. The largest absolute Gasteiger partial charge is 0.497 e. The van der Waals surface area contributed by atoms with Crippen LogP contribution in [0, 0.1) is 0 Å². The van der Waals surface area contributed by atoms with Crippen LogP contribution < -0.4 is 28.6 Å². The molecule has 1 aliphatic carbocycles. The van der Waals surface area contributed by atoms with Gasteiger partial charge in [0.25, 0.3) is 10.0 Å². The number of aryl methyl sites for hydroxylation is 2. The van der Waals surface area contributed by atoms with Crippen LogP contribution in [0.4, 0.5) is 5.69 Å². The van der Waals surface area contributed by atoms with E-state index in [-0.39, 0.29) is 28.1 Å². The highest BCUT2D eigenvalue weighted by Crippen LogP contribution is 2.37. The van der Waals surface area contributed by atoms with Gasteiger partial charge in [-0.25, -0.2) is 8.42 Å². The Morgan fingerprint density at radius 3 is 2.23 bits per heavy atom. The van der Waals surface area contributed by atoms with Crippen molar-refractivity contribution >= 4 is 21.6 Å². The van der Waals surface area contributed by atoms with Gasteiger partial charge in [0.05, 0.1) is 45.1 Å². The lowest BCUT2D eigenvalue weighted by Gasteiger charge is -2.27. The molecule has 0 saturated carbocycles. The molecule has 0 radical (unpaired) electrons. The van der Waals surface area contributed by atoms with E-state index in [0.29, 0.717) is 11.5 Å². The Kier molecular flexibility index (Phi) is 8.54. The lowest BCUT2D eigenvalue weighted by molar-refractivity contribution is -0.120. The van der Waals surface area contributed by atoms with Gasteiger partial charge in [-0.3, -0.25) is 9.10 Å². The van der Waals surface area contributed by atoms with Crippen LogP contribution in [0.25, 0.3) is 0 Å². The molecule has 39 heavy (non-hydrogen) atoms. The van der Waals surface area contributed by atoms with Crippen molar-refractivity contribution < 1.29 is 32.2 Å². The van der Waals surface area contributed by atoms with Gasteiger partial charge in [-0.05, 0) is 67.1 Å². The number of carbonyl (C=O) groups is 1. The SMILES string of the molecule is COc1ccc(OC)c(N(CC(=O)N[C@H](C)c2ccc3c(c2)CCC3)S(=O)(=O)c2ccc(OC)c(OC)c2)c1. The normalized spacial score (nSPS) is 13.3. The number of amides is 1. The number of nitrogens with one attached hydrogen (secondary N) is 1. The molecular formula is C29H34N2O7S. The molecule has 1 aliphatic rings. The van der Waals surface area contributed by atoms with Gasteiger partial charge in [0.2, 0.25) is 5.91 Å². The van der Waals surface area contributed by atoms with E-state index in [4.69, 9.17) is 18.9 Å². The average Bonchev–Trinajstić information content (AvgIpc) is 3.43. The molecule has 0 aliphatic heterocycles. The summed E-state index contributed by atoms with van der Waals surface area (Å²) in [6.45, 7) is 1.39. The van der Waals surface area contributed by atoms with Crippen molar-refractivity contribution in [3.63, 3.8) is 0 Å². The molecule has 3 aromatic carbocycles. The minimum absolute atomic E-state index is 0.0792. The van der Waals surface area contributed by atoms with Crippen LogP contribution in [0.5, 0.6) is 23.0 Å². The smallest absolute Gasteiger partial charge is 0.265 e. The highest BCUT2D eigenvalue weighted by molar-refractivity contribution is 7.92. The van der Waals surface area contributed by atoms with E-state index in [1.165, 1.54) is 63.8 Å². The first-order chi connectivity index (χ1) is 18.7. The van der Waals surface area contributed by atoms with Crippen molar-refractivity contribution in [2.24, 2.45) is 0 Å². The fourth-order valence-corrected chi connectivity index (χ4v) is 6.20. The molecule has 0 saturated heterocycles. The monoisotopic (exact) mass is 554 g/mol. The maximum Gasteiger partial charge on any atom is 0.265 e. The minimum atomic E-state index is -4.27. The van der Waals surface area contributed by atoms with Gasteiger partial charge in [0.1, 0.15) is 18.0 Å². The molecule has 0 bridgehead atoms. The molecule has 1 atom stereocenters. The van der Waals surface area contributed by atoms with Crippen LogP contribution in [0.1, 0.15) is 36.1 Å². The Balaban J connectivity index is 1.70. The fraction of sp³-hybridized carbons (Fsp3) is 0.345. The second-order valence-corrected chi connectivity index (χ2v) is 11.1. The number of fused-ring (bicyclic) bond motifs is 1. The maximum atomic E-state index is 14.0. The van der Waals surface area contributed by atoms with Crippen LogP contribution in [-0.2, 0) is 27.7 Å². The highest BCUT2D eigenvalue weighted by Gasteiger charge is 2.31. The van der Waals surface area contributed by atoms with Crippen molar-refractivity contribution in [1.29, 1.82) is 0 Å². The van der Waals surface area contributed by atoms with Gasteiger partial charge in [-0.15, -0.1) is 0 Å². The molecule has 1 amide bonds. The zero-order valence-electron chi connectivity index (χ0n) is 22.8. The second kappa shape index (κ2) is 11.9. The van der Waals surface area contributed by atoms with Gasteiger partial charge in [0.15, 0.2) is 11.5 Å². The summed E-state index contributed by atoms with van der Waals surface area (Å²) in [5, 5.41) is 2.96. The van der Waals surface area contributed by atoms with Crippen molar-refractivity contribution in [3.05, 3.63) is 71.3 Å². The number of carbonyl (C=O) groups excluding carboxylic acids is 1. The standard InChI is InChI=1S/C29H34N2O7S/c1-19(21-10-9-20-7-6-8-22(20)15-21)30-29(32)18-31(25-16-23(35-2)11-13-26(25)36-3)39(33,34)24-12-14-27(37-4)28(17-24)38-5/h9-17,19H,6-8,18H2,1-5H3,(H,30,32)/t19-/m1/s1. The third-order valence-electron chi connectivity index (χ3n) is 6.88. The Bertz CT molecular complexity index is 1460. The first-order valence-corrected chi connectivity index (χ1v) is 14.0. The van der Waals surface area contributed by atoms with E-state index in [1.54, 1.807) is 12.1 Å². The third kappa shape index (κ3) is 5.90. The number of benzene rings is 3. The first kappa shape index (κ1) is 28.1. The summed E-state index contributed by atoms with van der Waals surface area (Å²) in [4.78, 5) is 13.3. The summed E-state index contributed by atoms with van der Waals surface area (Å²) >= 11 is 0. The van der Waals surface area contributed by atoms with E-state index >= 15 is 0 Å². The van der Waals surface area contributed by atoms with Gasteiger partial charge < -0.3 is 24.3 Å². The quantitative estimate of drug-likeness (QED) is 0.377. The number of rotatable bonds is 11. The predicted octanol–water partition coefficient (Wildman–Crippen LogP) is 4.28. The van der Waals surface area contributed by atoms with Gasteiger partial charge in [0, 0.05) is 12.1 Å². The zero-order chi connectivity index (χ0) is 28.2. The number of nitrogens with zero attached hydrogens (tertiary/aromatic N) is 1. The van der Waals surface area contributed by atoms with Crippen LogP contribution in [-0.4, -0.2) is 49.3 Å². The van der Waals surface area contributed by atoms with E-state index in [2.05, 4.69) is 17.4 Å². The van der Waals surface area contributed by atoms with Crippen molar-refractivity contribution in [2.75, 3.05) is 39.3 Å². The molecular weight excluding hydrogens is 520 g/mol. The van der Waals surface area contributed by atoms with Crippen LogP contribution >= 0.6 is 0 Å². The number of hydrogen-bond acceptors (Lipinski definition) is 7. The predicted molar refractivity (Wildman–Crippen MR) is 149 cm³/mol. The zero-order valence-corrected chi connectivity index (χ0v) is 23.6. The maximum absolute atomic E-state index is 14.0. The number of ether oxygens (including phenoxy) is 4. The van der Waals surface area contributed by atoms with E-state index < -0.39 is 22.5 Å². The molecule has 0 unspecified atom stereocenters. The fourth-order valence-electron chi connectivity index (χ4n) is 4.76. The number of sulfonamides is 1. The van der Waals surface area contributed by atoms with Crippen molar-refractivity contribution in [1.82, 2.24) is 5.32 Å². The lowest BCUT2D eigenvalue weighted by atomic mass is 10.0. The molecule has 4 rings (SSSR count). The Labute approximate surface area is 229 Å². The number of anilines is 1. The van der Waals surface area contributed by atoms with E-state index in [9.17, 15) is 13.2 Å². The molecule has 0 heterocycles.